The third-order valence-corrected chi connectivity index (χ3v) is 6.99. The highest BCUT2D eigenvalue weighted by molar-refractivity contribution is 7.92. The molecule has 0 aliphatic carbocycles. The fraction of sp³-hybridized carbons (Fsp3) is 0.107. The summed E-state index contributed by atoms with van der Waals surface area (Å²) in [5.41, 5.74) is 3.35. The molecule has 0 unspecified atom stereocenters. The van der Waals surface area contributed by atoms with E-state index in [0.717, 1.165) is 11.1 Å². The Bertz CT molecular complexity index is 1320. The van der Waals surface area contributed by atoms with Crippen LogP contribution in [0.15, 0.2) is 114 Å². The van der Waals surface area contributed by atoms with Crippen molar-refractivity contribution in [1.82, 2.24) is 4.90 Å². The smallest absolute Gasteiger partial charge is 0.262 e. The van der Waals surface area contributed by atoms with E-state index in [-0.39, 0.29) is 10.8 Å². The zero-order valence-corrected chi connectivity index (χ0v) is 19.7. The molecule has 4 rings (SSSR count). The first-order valence-electron chi connectivity index (χ1n) is 11.0. The maximum absolute atomic E-state index is 13.6. The fourth-order valence-corrected chi connectivity index (χ4v) is 5.06. The predicted octanol–water partition coefficient (Wildman–Crippen LogP) is 5.64. The molecule has 0 saturated carbocycles. The van der Waals surface area contributed by atoms with Gasteiger partial charge in [0.1, 0.15) is 0 Å². The number of nitrogens with one attached hydrogen (secondary N) is 1. The SMILES string of the molecule is Cc1ccc(C(=O)N(Cc2ccccc2)Cc2ccccc2)cc1S(=O)(=O)Nc1ccccc1. The van der Waals surface area contributed by atoms with Crippen molar-refractivity contribution in [2.24, 2.45) is 0 Å². The molecule has 1 N–H and O–H groups in total. The van der Waals surface area contributed by atoms with E-state index in [1.807, 2.05) is 66.7 Å². The lowest BCUT2D eigenvalue weighted by atomic mass is 10.1. The van der Waals surface area contributed by atoms with Crippen LogP contribution in [-0.4, -0.2) is 19.2 Å². The molecular formula is C28H26N2O3S. The van der Waals surface area contributed by atoms with Crippen LogP contribution in [0.5, 0.6) is 0 Å². The molecule has 172 valence electrons. The molecule has 0 saturated heterocycles. The number of carbonyl (C=O) groups excluding carboxylic acids is 1. The van der Waals surface area contributed by atoms with Crippen molar-refractivity contribution in [3.05, 3.63) is 131 Å². The van der Waals surface area contributed by atoms with E-state index in [1.165, 1.54) is 6.07 Å². The largest absolute Gasteiger partial charge is 0.330 e. The topological polar surface area (TPSA) is 66.5 Å². The molecule has 0 heterocycles. The van der Waals surface area contributed by atoms with Crippen LogP contribution in [0, 0.1) is 6.92 Å². The van der Waals surface area contributed by atoms with Crippen molar-refractivity contribution in [2.75, 3.05) is 4.72 Å². The molecule has 0 aliphatic heterocycles. The molecule has 4 aromatic carbocycles. The van der Waals surface area contributed by atoms with Gasteiger partial charge in [-0.15, -0.1) is 0 Å². The third kappa shape index (κ3) is 5.71. The Balaban J connectivity index is 1.66. The van der Waals surface area contributed by atoms with Gasteiger partial charge in [0.15, 0.2) is 0 Å². The normalized spacial score (nSPS) is 11.1. The van der Waals surface area contributed by atoms with Gasteiger partial charge in [0.2, 0.25) is 0 Å². The lowest BCUT2D eigenvalue weighted by Crippen LogP contribution is -2.30. The molecule has 0 atom stereocenters. The molecule has 0 bridgehead atoms. The minimum atomic E-state index is -3.86. The zero-order chi connectivity index (χ0) is 24.0. The molecule has 34 heavy (non-hydrogen) atoms. The van der Waals surface area contributed by atoms with Crippen molar-refractivity contribution >= 4 is 21.6 Å². The van der Waals surface area contributed by atoms with Gasteiger partial charge in [-0.3, -0.25) is 9.52 Å². The van der Waals surface area contributed by atoms with E-state index in [4.69, 9.17) is 0 Å². The predicted molar refractivity (Wildman–Crippen MR) is 135 cm³/mol. The van der Waals surface area contributed by atoms with Gasteiger partial charge in [-0.2, -0.15) is 0 Å². The van der Waals surface area contributed by atoms with Gasteiger partial charge >= 0.3 is 0 Å². The summed E-state index contributed by atoms with van der Waals surface area (Å²) in [4.78, 5) is 15.4. The number of anilines is 1. The van der Waals surface area contributed by atoms with Gasteiger partial charge in [-0.05, 0) is 47.9 Å². The Hall–Kier alpha value is -3.90. The number of rotatable bonds is 8. The molecule has 5 nitrogen and oxygen atoms in total. The van der Waals surface area contributed by atoms with E-state index in [0.29, 0.717) is 29.9 Å². The van der Waals surface area contributed by atoms with Crippen molar-refractivity contribution < 1.29 is 13.2 Å². The second kappa shape index (κ2) is 10.4. The van der Waals surface area contributed by atoms with Crippen molar-refractivity contribution in [3.63, 3.8) is 0 Å². The fourth-order valence-electron chi connectivity index (χ4n) is 3.73. The zero-order valence-electron chi connectivity index (χ0n) is 18.9. The van der Waals surface area contributed by atoms with E-state index < -0.39 is 10.0 Å². The van der Waals surface area contributed by atoms with E-state index in [9.17, 15) is 13.2 Å². The number of benzene rings is 4. The number of hydrogen-bond donors (Lipinski definition) is 1. The standard InChI is InChI=1S/C28H26N2O3S/c1-22-17-18-25(19-27(22)34(32,33)29-26-15-9-4-10-16-26)28(31)30(20-23-11-5-2-6-12-23)21-24-13-7-3-8-14-24/h2-19,29H,20-21H2,1H3. The first kappa shape index (κ1) is 23.3. The van der Waals surface area contributed by atoms with Crippen molar-refractivity contribution in [2.45, 2.75) is 24.9 Å². The summed E-state index contributed by atoms with van der Waals surface area (Å²) < 4.78 is 28.8. The van der Waals surface area contributed by atoms with E-state index in [1.54, 1.807) is 48.2 Å². The average molecular weight is 471 g/mol. The van der Waals surface area contributed by atoms with Gasteiger partial charge < -0.3 is 4.90 Å². The highest BCUT2D eigenvalue weighted by atomic mass is 32.2. The van der Waals surface area contributed by atoms with Gasteiger partial charge in [0, 0.05) is 24.3 Å². The molecular weight excluding hydrogens is 444 g/mol. The van der Waals surface area contributed by atoms with Crippen molar-refractivity contribution in [1.29, 1.82) is 0 Å². The van der Waals surface area contributed by atoms with Crippen LogP contribution in [-0.2, 0) is 23.1 Å². The van der Waals surface area contributed by atoms with E-state index >= 15 is 0 Å². The number of hydrogen-bond acceptors (Lipinski definition) is 3. The monoisotopic (exact) mass is 470 g/mol. The summed E-state index contributed by atoms with van der Waals surface area (Å²) >= 11 is 0. The minimum absolute atomic E-state index is 0.0848. The van der Waals surface area contributed by atoms with Crippen LogP contribution in [0.4, 0.5) is 5.69 Å². The second-order valence-corrected chi connectivity index (χ2v) is 9.74. The van der Waals surface area contributed by atoms with Crippen LogP contribution in [0.25, 0.3) is 0 Å². The molecule has 4 aromatic rings. The van der Waals surface area contributed by atoms with Crippen LogP contribution >= 0.6 is 0 Å². The van der Waals surface area contributed by atoms with Crippen LogP contribution in [0.1, 0.15) is 27.0 Å². The molecule has 0 aliphatic rings. The summed E-state index contributed by atoms with van der Waals surface area (Å²) in [6, 6.07) is 33.0. The number of nitrogens with zero attached hydrogens (tertiary/aromatic N) is 1. The summed E-state index contributed by atoms with van der Waals surface area (Å²) in [6.07, 6.45) is 0. The van der Waals surface area contributed by atoms with Crippen LogP contribution < -0.4 is 4.72 Å². The number of para-hydroxylation sites is 1. The number of sulfonamides is 1. The Morgan fingerprint density at radius 2 is 1.24 bits per heavy atom. The van der Waals surface area contributed by atoms with Crippen LogP contribution in [0.2, 0.25) is 0 Å². The van der Waals surface area contributed by atoms with Gasteiger partial charge in [0.25, 0.3) is 15.9 Å². The van der Waals surface area contributed by atoms with E-state index in [2.05, 4.69) is 4.72 Å². The maximum atomic E-state index is 13.6. The second-order valence-electron chi connectivity index (χ2n) is 8.08. The first-order valence-corrected chi connectivity index (χ1v) is 12.5. The molecule has 6 heteroatoms. The van der Waals surface area contributed by atoms with Crippen molar-refractivity contribution in [3.8, 4) is 0 Å². The first-order chi connectivity index (χ1) is 16.4. The minimum Gasteiger partial charge on any atom is -0.330 e. The molecule has 0 radical (unpaired) electrons. The Labute approximate surface area is 200 Å². The third-order valence-electron chi connectivity index (χ3n) is 5.47. The molecule has 0 fully saturated rings. The highest BCUT2D eigenvalue weighted by Gasteiger charge is 2.22. The number of carbonyl (C=O) groups is 1. The van der Waals surface area contributed by atoms with Crippen LogP contribution in [0.3, 0.4) is 0 Å². The summed E-state index contributed by atoms with van der Waals surface area (Å²) in [6.45, 7) is 2.54. The lowest BCUT2D eigenvalue weighted by molar-refractivity contribution is 0.0729. The average Bonchev–Trinajstić information content (AvgIpc) is 2.85. The summed E-state index contributed by atoms with van der Waals surface area (Å²) in [5, 5.41) is 0. The number of amides is 1. The number of aryl methyl sites for hydroxylation is 1. The maximum Gasteiger partial charge on any atom is 0.262 e. The lowest BCUT2D eigenvalue weighted by Gasteiger charge is -2.24. The van der Waals surface area contributed by atoms with Gasteiger partial charge in [0.05, 0.1) is 4.90 Å². The summed E-state index contributed by atoms with van der Waals surface area (Å²) in [7, 11) is -3.86. The molecule has 0 spiro atoms. The van der Waals surface area contributed by atoms with Gasteiger partial charge in [-0.1, -0.05) is 84.9 Å². The quantitative estimate of drug-likeness (QED) is 0.362. The Kier molecular flexibility index (Phi) is 7.09. The summed E-state index contributed by atoms with van der Waals surface area (Å²) in [5.74, 6) is -0.233. The Morgan fingerprint density at radius 1 is 0.735 bits per heavy atom. The Morgan fingerprint density at radius 3 is 1.76 bits per heavy atom. The highest BCUT2D eigenvalue weighted by Crippen LogP contribution is 2.23. The molecule has 1 amide bonds. The van der Waals surface area contributed by atoms with Gasteiger partial charge in [-0.25, -0.2) is 8.42 Å². The molecule has 0 aromatic heterocycles.